The van der Waals surface area contributed by atoms with Crippen molar-refractivity contribution < 1.29 is 9.53 Å². The smallest absolute Gasteiger partial charge is 0.262 e. The summed E-state index contributed by atoms with van der Waals surface area (Å²) in [6.07, 6.45) is 4.21. The van der Waals surface area contributed by atoms with Crippen molar-refractivity contribution in [1.29, 1.82) is 0 Å². The number of hydrogen-bond acceptors (Lipinski definition) is 4. The van der Waals surface area contributed by atoms with Crippen LogP contribution in [-0.4, -0.2) is 46.2 Å². The van der Waals surface area contributed by atoms with Crippen molar-refractivity contribution in [1.82, 2.24) is 14.5 Å². The van der Waals surface area contributed by atoms with Gasteiger partial charge in [0, 0.05) is 25.3 Å². The van der Waals surface area contributed by atoms with E-state index in [1.54, 1.807) is 22.8 Å². The molecule has 0 saturated carbocycles. The van der Waals surface area contributed by atoms with Gasteiger partial charge >= 0.3 is 0 Å². The van der Waals surface area contributed by atoms with E-state index in [4.69, 9.17) is 17.0 Å². The van der Waals surface area contributed by atoms with Gasteiger partial charge in [0.25, 0.3) is 11.5 Å². The number of aromatic nitrogens is 2. The fraction of sp³-hybridized carbons (Fsp3) is 0.550. The lowest BCUT2D eigenvalue weighted by Crippen LogP contribution is -2.39. The third-order valence-electron chi connectivity index (χ3n) is 5.58. The maximum absolute atomic E-state index is 12.9. The number of likely N-dealkylation sites (tertiary alicyclic amines) is 1. The maximum atomic E-state index is 12.9. The van der Waals surface area contributed by atoms with Crippen LogP contribution in [0.2, 0.25) is 0 Å². The van der Waals surface area contributed by atoms with E-state index in [9.17, 15) is 9.59 Å². The van der Waals surface area contributed by atoms with Gasteiger partial charge in [-0.2, -0.15) is 0 Å². The SMILES string of the molecule is CC1CCCN(C(=O)c2ccc3c(=O)n(CC4CCCO4)c(=S)[nH]c3c2)C1. The Bertz CT molecular complexity index is 975. The predicted molar refractivity (Wildman–Crippen MR) is 107 cm³/mol. The Morgan fingerprint density at radius 1 is 1.33 bits per heavy atom. The summed E-state index contributed by atoms with van der Waals surface area (Å²) in [4.78, 5) is 30.8. The molecule has 2 aliphatic heterocycles. The molecular weight excluding hydrogens is 362 g/mol. The van der Waals surface area contributed by atoms with Gasteiger partial charge in [0.05, 0.1) is 23.6 Å². The van der Waals surface area contributed by atoms with Gasteiger partial charge in [-0.15, -0.1) is 0 Å². The zero-order valence-corrected chi connectivity index (χ0v) is 16.4. The van der Waals surface area contributed by atoms with Crippen LogP contribution in [0, 0.1) is 10.7 Å². The molecule has 0 aliphatic carbocycles. The van der Waals surface area contributed by atoms with Crippen molar-refractivity contribution >= 4 is 29.0 Å². The summed E-state index contributed by atoms with van der Waals surface area (Å²) in [5.41, 5.74) is 1.08. The molecule has 7 heteroatoms. The molecule has 27 heavy (non-hydrogen) atoms. The second kappa shape index (κ2) is 7.56. The predicted octanol–water partition coefficient (Wildman–Crippen LogP) is 3.11. The van der Waals surface area contributed by atoms with E-state index in [0.717, 1.165) is 39.0 Å². The van der Waals surface area contributed by atoms with Crippen LogP contribution in [0.3, 0.4) is 0 Å². The van der Waals surface area contributed by atoms with Crippen LogP contribution in [0.1, 0.15) is 43.0 Å². The molecular formula is C20H25N3O3S. The lowest BCUT2D eigenvalue weighted by Gasteiger charge is -2.31. The maximum Gasteiger partial charge on any atom is 0.262 e. The minimum Gasteiger partial charge on any atom is -0.376 e. The molecule has 0 spiro atoms. The molecule has 6 nitrogen and oxygen atoms in total. The van der Waals surface area contributed by atoms with Crippen molar-refractivity contribution in [3.05, 3.63) is 38.9 Å². The molecule has 1 aromatic heterocycles. The molecule has 2 saturated heterocycles. The van der Waals surface area contributed by atoms with E-state index >= 15 is 0 Å². The molecule has 2 atom stereocenters. The first-order valence-electron chi connectivity index (χ1n) is 9.70. The summed E-state index contributed by atoms with van der Waals surface area (Å²) in [5, 5.41) is 0.546. The number of fused-ring (bicyclic) bond motifs is 1. The van der Waals surface area contributed by atoms with E-state index in [-0.39, 0.29) is 17.6 Å². The normalized spacial score (nSPS) is 23.1. The van der Waals surface area contributed by atoms with Crippen LogP contribution in [0.15, 0.2) is 23.0 Å². The molecule has 3 heterocycles. The quantitative estimate of drug-likeness (QED) is 0.822. The lowest BCUT2D eigenvalue weighted by molar-refractivity contribution is 0.0683. The Labute approximate surface area is 163 Å². The number of nitrogens with zero attached hydrogens (tertiary/aromatic N) is 2. The second-order valence-electron chi connectivity index (χ2n) is 7.74. The number of nitrogens with one attached hydrogen (secondary N) is 1. The van der Waals surface area contributed by atoms with E-state index in [1.807, 2.05) is 4.90 Å². The monoisotopic (exact) mass is 387 g/mol. The Hall–Kier alpha value is -1.99. The van der Waals surface area contributed by atoms with Crippen molar-refractivity contribution in [2.45, 2.75) is 45.3 Å². The topological polar surface area (TPSA) is 67.3 Å². The van der Waals surface area contributed by atoms with Crippen LogP contribution in [0.25, 0.3) is 10.9 Å². The van der Waals surface area contributed by atoms with Gasteiger partial charge in [0.1, 0.15) is 0 Å². The van der Waals surface area contributed by atoms with Crippen molar-refractivity contribution in [3.8, 4) is 0 Å². The number of rotatable bonds is 3. The largest absolute Gasteiger partial charge is 0.376 e. The summed E-state index contributed by atoms with van der Waals surface area (Å²) < 4.78 is 7.58. The average Bonchev–Trinajstić information content (AvgIpc) is 3.17. The standard InChI is InChI=1S/C20H25N3O3S/c1-13-4-2-8-22(11-13)18(24)14-6-7-16-17(10-14)21-20(27)23(19(16)25)12-15-5-3-9-26-15/h6-7,10,13,15H,2-5,8-9,11-12H2,1H3,(H,21,27). The third kappa shape index (κ3) is 3.71. The third-order valence-corrected chi connectivity index (χ3v) is 5.91. The molecule has 2 fully saturated rings. The van der Waals surface area contributed by atoms with Crippen LogP contribution in [-0.2, 0) is 11.3 Å². The van der Waals surface area contributed by atoms with Crippen LogP contribution < -0.4 is 5.56 Å². The number of benzene rings is 1. The fourth-order valence-electron chi connectivity index (χ4n) is 4.10. The first kappa shape index (κ1) is 18.4. The second-order valence-corrected chi connectivity index (χ2v) is 8.13. The first-order valence-corrected chi connectivity index (χ1v) is 10.1. The van der Waals surface area contributed by atoms with Gasteiger partial charge < -0.3 is 14.6 Å². The molecule has 144 valence electrons. The summed E-state index contributed by atoms with van der Waals surface area (Å²) in [7, 11) is 0. The summed E-state index contributed by atoms with van der Waals surface area (Å²) in [6, 6.07) is 5.23. The van der Waals surface area contributed by atoms with Gasteiger partial charge in [-0.1, -0.05) is 6.92 Å². The lowest BCUT2D eigenvalue weighted by atomic mass is 9.99. The fourth-order valence-corrected chi connectivity index (χ4v) is 4.37. The molecule has 2 aromatic rings. The molecule has 1 aromatic carbocycles. The molecule has 2 aliphatic rings. The number of aromatic amines is 1. The number of carbonyl (C=O) groups excluding carboxylic acids is 1. The Morgan fingerprint density at radius 3 is 2.93 bits per heavy atom. The number of amides is 1. The van der Waals surface area contributed by atoms with Gasteiger partial charge in [0.2, 0.25) is 0 Å². The van der Waals surface area contributed by atoms with Crippen molar-refractivity contribution in [2.24, 2.45) is 5.92 Å². The van der Waals surface area contributed by atoms with Gasteiger partial charge in [0.15, 0.2) is 4.77 Å². The Kier molecular flexibility index (Phi) is 5.14. The zero-order chi connectivity index (χ0) is 19.0. The number of H-pyrrole nitrogens is 1. The Morgan fingerprint density at radius 2 is 2.19 bits per heavy atom. The molecule has 1 N–H and O–H groups in total. The molecule has 0 radical (unpaired) electrons. The van der Waals surface area contributed by atoms with Gasteiger partial charge in [-0.3, -0.25) is 14.2 Å². The van der Waals surface area contributed by atoms with Crippen molar-refractivity contribution in [2.75, 3.05) is 19.7 Å². The van der Waals surface area contributed by atoms with Crippen LogP contribution in [0.4, 0.5) is 0 Å². The Balaban J connectivity index is 1.65. The van der Waals surface area contributed by atoms with E-state index < -0.39 is 0 Å². The highest BCUT2D eigenvalue weighted by Crippen LogP contribution is 2.20. The highest BCUT2D eigenvalue weighted by molar-refractivity contribution is 7.71. The van der Waals surface area contributed by atoms with Crippen molar-refractivity contribution in [3.63, 3.8) is 0 Å². The summed E-state index contributed by atoms with van der Waals surface area (Å²) in [5.74, 6) is 0.547. The molecule has 2 unspecified atom stereocenters. The highest BCUT2D eigenvalue weighted by atomic mass is 32.1. The van der Waals surface area contributed by atoms with Crippen LogP contribution in [0.5, 0.6) is 0 Å². The van der Waals surface area contributed by atoms with Crippen LogP contribution >= 0.6 is 12.2 Å². The number of ether oxygens (including phenoxy) is 1. The number of hydrogen-bond donors (Lipinski definition) is 1. The molecule has 1 amide bonds. The zero-order valence-electron chi connectivity index (χ0n) is 15.6. The molecule has 0 bridgehead atoms. The van der Waals surface area contributed by atoms with Gasteiger partial charge in [-0.25, -0.2) is 0 Å². The van der Waals surface area contributed by atoms with E-state index in [2.05, 4.69) is 11.9 Å². The number of carbonyl (C=O) groups is 1. The average molecular weight is 388 g/mol. The molecule has 4 rings (SSSR count). The minimum absolute atomic E-state index is 0.0197. The summed E-state index contributed by atoms with van der Waals surface area (Å²) in [6.45, 7) is 4.96. The van der Waals surface area contributed by atoms with E-state index in [0.29, 0.717) is 33.7 Å². The number of piperidine rings is 1. The minimum atomic E-state index is -0.130. The van der Waals surface area contributed by atoms with E-state index in [1.165, 1.54) is 6.42 Å². The highest BCUT2D eigenvalue weighted by Gasteiger charge is 2.23. The van der Waals surface area contributed by atoms with Gasteiger partial charge in [-0.05, 0) is 62.0 Å². The first-order chi connectivity index (χ1) is 13.0. The summed E-state index contributed by atoms with van der Waals surface area (Å²) >= 11 is 5.41.